The third-order valence-corrected chi connectivity index (χ3v) is 7.09. The van der Waals surface area contributed by atoms with Crippen molar-refractivity contribution in [2.75, 3.05) is 65.3 Å². The summed E-state index contributed by atoms with van der Waals surface area (Å²) in [6, 6.07) is 8.57. The van der Waals surface area contributed by atoms with Crippen molar-refractivity contribution in [3.8, 4) is 22.8 Å². The fraction of sp³-hybridized carbons (Fsp3) is 0.357. The van der Waals surface area contributed by atoms with E-state index in [0.29, 0.717) is 49.0 Å². The smallest absolute Gasteiger partial charge is 0.294 e. The van der Waals surface area contributed by atoms with Gasteiger partial charge in [-0.05, 0) is 20.2 Å². The van der Waals surface area contributed by atoms with Gasteiger partial charge in [-0.3, -0.25) is 10.1 Å². The molecule has 0 fully saturated rings. The number of para-hydroxylation sites is 1. The van der Waals surface area contributed by atoms with Crippen molar-refractivity contribution in [2.45, 2.75) is 13.2 Å². The van der Waals surface area contributed by atoms with Crippen LogP contribution in [-0.2, 0) is 17.9 Å². The van der Waals surface area contributed by atoms with Gasteiger partial charge < -0.3 is 33.9 Å². The zero-order valence-electron chi connectivity index (χ0n) is 23.6. The maximum atomic E-state index is 15.4. The molecule has 5 rings (SSSR count). The molecule has 0 saturated carbocycles. The maximum absolute atomic E-state index is 15.4. The highest BCUT2D eigenvalue weighted by Gasteiger charge is 2.27. The predicted octanol–water partition coefficient (Wildman–Crippen LogP) is 4.43. The van der Waals surface area contributed by atoms with E-state index in [9.17, 15) is 10.1 Å². The van der Waals surface area contributed by atoms with E-state index in [0.717, 1.165) is 22.8 Å². The summed E-state index contributed by atoms with van der Waals surface area (Å²) in [4.78, 5) is 24.0. The Balaban J connectivity index is 1.58. The molecule has 0 radical (unpaired) electrons. The summed E-state index contributed by atoms with van der Waals surface area (Å²) in [6.45, 7) is 2.66. The molecule has 0 aliphatic carbocycles. The third kappa shape index (κ3) is 5.33. The fourth-order valence-electron chi connectivity index (χ4n) is 5.05. The van der Waals surface area contributed by atoms with Gasteiger partial charge in [0, 0.05) is 49.8 Å². The topological polar surface area (TPSA) is 120 Å². The lowest BCUT2D eigenvalue weighted by atomic mass is 10.1. The molecule has 3 heterocycles. The number of halogens is 1. The molecule has 1 aliphatic rings. The number of aromatic nitrogens is 3. The van der Waals surface area contributed by atoms with E-state index in [2.05, 4.69) is 19.9 Å². The standard InChI is InChI=1S/C28H32FN7O5/c1-33(2)9-10-34(3)20-14-24(40-5)19(13-21(20)36(37)38)31-28-30-15-18(29)26(32-28)25-17-7-6-8-23(39-4)27(17)35-11-12-41-16-22(25)35/h6-8,13-15H,9-12,16H2,1-5H3,(H,30,31,32). The number of hydrogen-bond acceptors (Lipinski definition) is 10. The number of likely N-dealkylation sites (N-methyl/N-ethyl adjacent to an activating group) is 2. The van der Waals surface area contributed by atoms with Crippen LogP contribution in [0.2, 0.25) is 0 Å². The monoisotopic (exact) mass is 565 g/mol. The van der Waals surface area contributed by atoms with E-state index >= 15 is 4.39 Å². The van der Waals surface area contributed by atoms with Crippen LogP contribution in [0.3, 0.4) is 0 Å². The van der Waals surface area contributed by atoms with Crippen LogP contribution < -0.4 is 19.7 Å². The van der Waals surface area contributed by atoms with E-state index in [-0.39, 0.29) is 29.6 Å². The molecule has 0 saturated heterocycles. The van der Waals surface area contributed by atoms with Gasteiger partial charge in [0.25, 0.3) is 5.69 Å². The Hall–Kier alpha value is -4.49. The van der Waals surface area contributed by atoms with Crippen LogP contribution in [0.5, 0.6) is 11.5 Å². The van der Waals surface area contributed by atoms with Crippen LogP contribution in [0.15, 0.2) is 36.5 Å². The van der Waals surface area contributed by atoms with Crippen molar-refractivity contribution in [1.29, 1.82) is 0 Å². The van der Waals surface area contributed by atoms with Gasteiger partial charge in [0.15, 0.2) is 5.82 Å². The Bertz CT molecular complexity index is 1610. The van der Waals surface area contributed by atoms with Gasteiger partial charge >= 0.3 is 0 Å². The summed E-state index contributed by atoms with van der Waals surface area (Å²) in [6.07, 6.45) is 1.08. The molecular formula is C28H32FN7O5. The fourth-order valence-corrected chi connectivity index (χ4v) is 5.05. The largest absolute Gasteiger partial charge is 0.495 e. The van der Waals surface area contributed by atoms with Crippen molar-refractivity contribution in [2.24, 2.45) is 0 Å². The third-order valence-electron chi connectivity index (χ3n) is 7.09. The van der Waals surface area contributed by atoms with Crippen molar-refractivity contribution in [3.63, 3.8) is 0 Å². The van der Waals surface area contributed by atoms with E-state index in [4.69, 9.17) is 14.2 Å². The Morgan fingerprint density at radius 1 is 1.17 bits per heavy atom. The van der Waals surface area contributed by atoms with Crippen LogP contribution in [-0.4, -0.2) is 79.4 Å². The van der Waals surface area contributed by atoms with Crippen LogP contribution in [0.25, 0.3) is 22.2 Å². The van der Waals surface area contributed by atoms with E-state index in [1.165, 1.54) is 13.2 Å². The minimum absolute atomic E-state index is 0.0513. The highest BCUT2D eigenvalue weighted by atomic mass is 19.1. The Labute approximate surface area is 236 Å². The first-order valence-corrected chi connectivity index (χ1v) is 13.0. The molecule has 216 valence electrons. The second kappa shape index (κ2) is 11.6. The van der Waals surface area contributed by atoms with E-state index in [1.54, 1.807) is 25.1 Å². The lowest BCUT2D eigenvalue weighted by Crippen LogP contribution is -2.28. The molecule has 0 unspecified atom stereocenters. The van der Waals surface area contributed by atoms with Crippen LogP contribution in [0.4, 0.5) is 27.4 Å². The van der Waals surface area contributed by atoms with Gasteiger partial charge in [0.05, 0.1) is 55.5 Å². The van der Waals surface area contributed by atoms with Gasteiger partial charge in [0.1, 0.15) is 22.9 Å². The molecule has 2 aromatic carbocycles. The first-order valence-electron chi connectivity index (χ1n) is 13.0. The summed E-state index contributed by atoms with van der Waals surface area (Å²) >= 11 is 0. The summed E-state index contributed by atoms with van der Waals surface area (Å²) < 4.78 is 34.4. The molecule has 0 spiro atoms. The average Bonchev–Trinajstić information content (AvgIpc) is 3.31. The quantitative estimate of drug-likeness (QED) is 0.218. The Morgan fingerprint density at radius 3 is 2.66 bits per heavy atom. The lowest BCUT2D eigenvalue weighted by molar-refractivity contribution is -0.384. The van der Waals surface area contributed by atoms with Crippen molar-refractivity contribution in [3.05, 3.63) is 58.2 Å². The Kier molecular flexibility index (Phi) is 7.90. The predicted molar refractivity (Wildman–Crippen MR) is 154 cm³/mol. The lowest BCUT2D eigenvalue weighted by Gasteiger charge is -2.22. The number of ether oxygens (including phenoxy) is 3. The van der Waals surface area contributed by atoms with Crippen LogP contribution >= 0.6 is 0 Å². The molecule has 13 heteroatoms. The van der Waals surface area contributed by atoms with Gasteiger partial charge in [0.2, 0.25) is 5.95 Å². The van der Waals surface area contributed by atoms with Crippen LogP contribution in [0.1, 0.15) is 5.69 Å². The summed E-state index contributed by atoms with van der Waals surface area (Å²) in [5.41, 5.74) is 2.83. The first kappa shape index (κ1) is 28.1. The molecule has 1 aliphatic heterocycles. The van der Waals surface area contributed by atoms with Crippen molar-refractivity contribution < 1.29 is 23.5 Å². The number of anilines is 3. The van der Waals surface area contributed by atoms with Crippen molar-refractivity contribution in [1.82, 2.24) is 19.4 Å². The number of nitrogens with zero attached hydrogens (tertiary/aromatic N) is 6. The molecule has 1 N–H and O–H groups in total. The molecule has 12 nitrogen and oxygen atoms in total. The number of nitro benzene ring substituents is 1. The normalized spacial score (nSPS) is 12.9. The van der Waals surface area contributed by atoms with E-state index < -0.39 is 10.7 Å². The summed E-state index contributed by atoms with van der Waals surface area (Å²) in [5, 5.41) is 15.8. The number of methoxy groups -OCH3 is 2. The molecular weight excluding hydrogens is 533 g/mol. The zero-order valence-corrected chi connectivity index (χ0v) is 23.6. The minimum atomic E-state index is -0.616. The number of rotatable bonds is 10. The van der Waals surface area contributed by atoms with Gasteiger partial charge in [-0.2, -0.15) is 0 Å². The molecule has 41 heavy (non-hydrogen) atoms. The molecule has 2 aromatic heterocycles. The number of benzene rings is 2. The molecule has 4 aromatic rings. The van der Waals surface area contributed by atoms with Crippen LogP contribution in [0, 0.1) is 15.9 Å². The molecule has 0 amide bonds. The number of fused-ring (bicyclic) bond motifs is 3. The van der Waals surface area contributed by atoms with Crippen molar-refractivity contribution >= 4 is 33.9 Å². The zero-order chi connectivity index (χ0) is 29.3. The highest BCUT2D eigenvalue weighted by Crippen LogP contribution is 2.42. The molecule has 0 atom stereocenters. The summed E-state index contributed by atoms with van der Waals surface area (Å²) in [7, 11) is 8.72. The van der Waals surface area contributed by atoms with Gasteiger partial charge in [-0.25, -0.2) is 14.4 Å². The first-order chi connectivity index (χ1) is 19.7. The van der Waals surface area contributed by atoms with Gasteiger partial charge in [-0.1, -0.05) is 12.1 Å². The number of nitrogens with one attached hydrogen (secondary N) is 1. The minimum Gasteiger partial charge on any atom is -0.495 e. The maximum Gasteiger partial charge on any atom is 0.294 e. The summed E-state index contributed by atoms with van der Waals surface area (Å²) in [5.74, 6) is 0.449. The number of hydrogen-bond donors (Lipinski definition) is 1. The van der Waals surface area contributed by atoms with Gasteiger partial charge in [-0.15, -0.1) is 0 Å². The van der Waals surface area contributed by atoms with E-state index in [1.807, 2.05) is 37.2 Å². The second-order valence-electron chi connectivity index (χ2n) is 9.92. The Morgan fingerprint density at radius 2 is 1.95 bits per heavy atom. The highest BCUT2D eigenvalue weighted by molar-refractivity contribution is 6.00. The second-order valence-corrected chi connectivity index (χ2v) is 9.92. The molecule has 0 bridgehead atoms. The number of nitro groups is 1. The average molecular weight is 566 g/mol. The SMILES string of the molecule is COc1cc(N(C)CCN(C)C)c([N+](=O)[O-])cc1Nc1ncc(F)c(-c2c3n(c4c(OC)cccc24)CCOC3)n1.